The van der Waals surface area contributed by atoms with E-state index in [0.29, 0.717) is 23.7 Å². The second-order valence-corrected chi connectivity index (χ2v) is 7.64. The molecule has 1 aliphatic heterocycles. The van der Waals surface area contributed by atoms with E-state index >= 15 is 0 Å². The Bertz CT molecular complexity index is 1280. The quantitative estimate of drug-likeness (QED) is 0.342. The first-order valence-corrected chi connectivity index (χ1v) is 10.3. The molecule has 0 bridgehead atoms. The molecule has 4 aromatic rings. The first kappa shape index (κ1) is 19.8. The second-order valence-electron chi connectivity index (χ2n) is 7.64. The van der Waals surface area contributed by atoms with Crippen LogP contribution in [0.5, 0.6) is 0 Å². The third-order valence-electron chi connectivity index (χ3n) is 5.56. The van der Waals surface area contributed by atoms with Gasteiger partial charge in [-0.2, -0.15) is 0 Å². The fourth-order valence-electron chi connectivity index (χ4n) is 3.99. The van der Waals surface area contributed by atoms with Gasteiger partial charge in [0.05, 0.1) is 23.1 Å². The van der Waals surface area contributed by atoms with Crippen LogP contribution in [0.3, 0.4) is 0 Å². The number of nitro groups is 1. The van der Waals surface area contributed by atoms with Crippen molar-refractivity contribution in [2.24, 2.45) is 0 Å². The topological polar surface area (TPSA) is 114 Å². The van der Waals surface area contributed by atoms with E-state index in [1.54, 1.807) is 17.0 Å². The lowest BCUT2D eigenvalue weighted by molar-refractivity contribution is -0.401. The van der Waals surface area contributed by atoms with Crippen LogP contribution in [0, 0.1) is 10.1 Å². The zero-order valence-electron chi connectivity index (χ0n) is 17.1. The van der Waals surface area contributed by atoms with Crippen molar-refractivity contribution >= 4 is 23.0 Å². The Labute approximate surface area is 182 Å². The largest absolute Gasteiger partial charge is 0.445 e. The Hall–Kier alpha value is -4.14. The Morgan fingerprint density at radius 3 is 2.84 bits per heavy atom. The van der Waals surface area contributed by atoms with Crippen molar-refractivity contribution in [2.75, 3.05) is 6.54 Å². The lowest BCUT2D eigenvalue weighted by Gasteiger charge is -2.22. The maximum absolute atomic E-state index is 12.7. The lowest BCUT2D eigenvalue weighted by atomic mass is 10.1. The number of nitrogens with zero attached hydrogens (tertiary/aromatic N) is 3. The number of nitrogens with one attached hydrogen (secondary N) is 1. The molecule has 9 nitrogen and oxygen atoms in total. The number of H-pyrrole nitrogens is 1. The van der Waals surface area contributed by atoms with Gasteiger partial charge in [-0.1, -0.05) is 30.3 Å². The Morgan fingerprint density at radius 1 is 1.22 bits per heavy atom. The molecule has 5 rings (SSSR count). The maximum Gasteiger partial charge on any atom is 0.433 e. The van der Waals surface area contributed by atoms with Crippen LogP contribution in [0.25, 0.3) is 22.4 Å². The number of carbonyl (C=O) groups excluding carboxylic acids is 1. The molecule has 1 fully saturated rings. The van der Waals surface area contributed by atoms with Crippen molar-refractivity contribution in [1.82, 2.24) is 14.9 Å². The van der Waals surface area contributed by atoms with E-state index in [1.165, 1.54) is 6.07 Å². The van der Waals surface area contributed by atoms with Gasteiger partial charge in [-0.3, -0.25) is 15.0 Å². The van der Waals surface area contributed by atoms with E-state index < -0.39 is 4.92 Å². The molecule has 2 aromatic carbocycles. The van der Waals surface area contributed by atoms with Crippen molar-refractivity contribution in [1.29, 1.82) is 0 Å². The van der Waals surface area contributed by atoms with Gasteiger partial charge in [-0.15, -0.1) is 0 Å². The molecule has 3 heterocycles. The number of aromatic nitrogens is 2. The highest BCUT2D eigenvalue weighted by Gasteiger charge is 2.33. The molecular weight excluding hydrogens is 412 g/mol. The van der Waals surface area contributed by atoms with Gasteiger partial charge < -0.3 is 14.1 Å². The summed E-state index contributed by atoms with van der Waals surface area (Å²) in [7, 11) is 0. The van der Waals surface area contributed by atoms with Gasteiger partial charge in [0.1, 0.15) is 23.1 Å². The number of benzene rings is 2. The van der Waals surface area contributed by atoms with Crippen molar-refractivity contribution in [3.8, 4) is 11.3 Å². The van der Waals surface area contributed by atoms with Crippen LogP contribution in [0.15, 0.2) is 65.1 Å². The van der Waals surface area contributed by atoms with Crippen LogP contribution in [-0.4, -0.2) is 32.4 Å². The highest BCUT2D eigenvalue weighted by molar-refractivity contribution is 5.81. The molecule has 32 heavy (non-hydrogen) atoms. The average Bonchev–Trinajstić information content (AvgIpc) is 3.56. The molecule has 0 unspecified atom stereocenters. The molecule has 1 atom stereocenters. The summed E-state index contributed by atoms with van der Waals surface area (Å²) in [5.41, 5.74) is 3.15. The SMILES string of the molecule is O=C(OCc1ccccc1)N1CCC[C@H]1c1nc2ccc(-c3ccc([N+](=O)[O-])o3)cc2[nH]1. The summed E-state index contributed by atoms with van der Waals surface area (Å²) in [6, 6.07) is 17.7. The summed E-state index contributed by atoms with van der Waals surface area (Å²) >= 11 is 0. The van der Waals surface area contributed by atoms with Crippen molar-refractivity contribution in [2.45, 2.75) is 25.5 Å². The summed E-state index contributed by atoms with van der Waals surface area (Å²) in [4.78, 5) is 32.7. The predicted molar refractivity (Wildman–Crippen MR) is 116 cm³/mol. The third kappa shape index (κ3) is 3.80. The van der Waals surface area contributed by atoms with Crippen molar-refractivity contribution in [3.63, 3.8) is 0 Å². The number of fused-ring (bicyclic) bond motifs is 1. The lowest BCUT2D eigenvalue weighted by Crippen LogP contribution is -2.31. The van der Waals surface area contributed by atoms with Crippen LogP contribution >= 0.6 is 0 Å². The monoisotopic (exact) mass is 432 g/mol. The van der Waals surface area contributed by atoms with E-state index in [4.69, 9.17) is 9.15 Å². The van der Waals surface area contributed by atoms with Gasteiger partial charge in [-0.25, -0.2) is 9.78 Å². The number of amides is 1. The van der Waals surface area contributed by atoms with Crippen molar-refractivity contribution in [3.05, 3.63) is 82.2 Å². The molecule has 1 saturated heterocycles. The van der Waals surface area contributed by atoms with Gasteiger partial charge in [-0.05, 0) is 42.7 Å². The molecule has 0 aliphatic carbocycles. The minimum absolute atomic E-state index is 0.196. The molecule has 162 valence electrons. The summed E-state index contributed by atoms with van der Waals surface area (Å²) in [6.07, 6.45) is 1.29. The normalized spacial score (nSPS) is 15.9. The molecule has 2 aromatic heterocycles. The number of ether oxygens (including phenoxy) is 1. The zero-order chi connectivity index (χ0) is 22.1. The van der Waals surface area contributed by atoms with Crippen LogP contribution in [-0.2, 0) is 11.3 Å². The van der Waals surface area contributed by atoms with Gasteiger partial charge in [0.15, 0.2) is 0 Å². The number of carbonyl (C=O) groups is 1. The van der Waals surface area contributed by atoms with E-state index in [1.807, 2.05) is 42.5 Å². The Kier molecular flexibility index (Phi) is 5.06. The maximum atomic E-state index is 12.7. The Morgan fingerprint density at radius 2 is 2.06 bits per heavy atom. The minimum atomic E-state index is -0.568. The van der Waals surface area contributed by atoms with Gasteiger partial charge >= 0.3 is 12.0 Å². The van der Waals surface area contributed by atoms with Crippen LogP contribution in [0.4, 0.5) is 10.7 Å². The number of likely N-dealkylation sites (tertiary alicyclic amines) is 1. The first-order valence-electron chi connectivity index (χ1n) is 10.3. The van der Waals surface area contributed by atoms with Gasteiger partial charge in [0, 0.05) is 12.1 Å². The molecule has 9 heteroatoms. The van der Waals surface area contributed by atoms with Crippen molar-refractivity contribution < 1.29 is 18.9 Å². The van der Waals surface area contributed by atoms with E-state index in [9.17, 15) is 14.9 Å². The number of hydrogen-bond donors (Lipinski definition) is 1. The number of furan rings is 1. The van der Waals surface area contributed by atoms with Crippen LogP contribution in [0.1, 0.15) is 30.3 Å². The standard InChI is InChI=1S/C23H20N4O5/c28-23(31-14-15-5-2-1-3-6-15)26-12-4-7-19(26)22-24-17-9-8-16(13-18(17)25-22)20-10-11-21(32-20)27(29)30/h1-3,5-6,8-11,13,19H,4,7,12,14H2,(H,24,25)/t19-/m0/s1. The molecule has 1 aliphatic rings. The summed E-state index contributed by atoms with van der Waals surface area (Å²) in [5.74, 6) is 0.791. The zero-order valence-corrected chi connectivity index (χ0v) is 17.1. The van der Waals surface area contributed by atoms with E-state index in [2.05, 4.69) is 9.97 Å². The Balaban J connectivity index is 1.35. The highest BCUT2D eigenvalue weighted by atomic mass is 16.6. The van der Waals surface area contributed by atoms with E-state index in [0.717, 1.165) is 29.4 Å². The molecular formula is C23H20N4O5. The molecule has 1 amide bonds. The number of aromatic amines is 1. The number of imidazole rings is 1. The number of rotatable bonds is 5. The summed E-state index contributed by atoms with van der Waals surface area (Å²) < 4.78 is 10.8. The summed E-state index contributed by atoms with van der Waals surface area (Å²) in [6.45, 7) is 0.832. The fourth-order valence-corrected chi connectivity index (χ4v) is 3.99. The van der Waals surface area contributed by atoms with E-state index in [-0.39, 0.29) is 24.6 Å². The molecule has 1 N–H and O–H groups in total. The second kappa shape index (κ2) is 8.18. The number of hydrogen-bond acceptors (Lipinski definition) is 6. The molecule has 0 saturated carbocycles. The molecule has 0 spiro atoms. The predicted octanol–water partition coefficient (Wildman–Crippen LogP) is 5.20. The first-order chi connectivity index (χ1) is 15.6. The van der Waals surface area contributed by atoms with Crippen LogP contribution < -0.4 is 0 Å². The highest BCUT2D eigenvalue weighted by Crippen LogP contribution is 2.33. The van der Waals surface area contributed by atoms with Gasteiger partial charge in [0.25, 0.3) is 0 Å². The smallest absolute Gasteiger partial charge is 0.433 e. The van der Waals surface area contributed by atoms with Gasteiger partial charge in [0.2, 0.25) is 0 Å². The fraction of sp³-hybridized carbons (Fsp3) is 0.217. The van der Waals surface area contributed by atoms with Crippen LogP contribution in [0.2, 0.25) is 0 Å². The molecule has 0 radical (unpaired) electrons. The minimum Gasteiger partial charge on any atom is -0.445 e. The summed E-state index contributed by atoms with van der Waals surface area (Å²) in [5, 5.41) is 10.9. The average molecular weight is 432 g/mol. The third-order valence-corrected chi connectivity index (χ3v) is 5.56.